The van der Waals surface area contributed by atoms with E-state index in [1.54, 1.807) is 13.2 Å². The third-order valence-electron chi connectivity index (χ3n) is 4.59. The average molecular weight is 291 g/mol. The average Bonchev–Trinajstić information content (AvgIpc) is 3.13. The molecule has 2 aromatic rings. The van der Waals surface area contributed by atoms with E-state index in [1.165, 1.54) is 6.07 Å². The normalized spacial score (nSPS) is 19.2. The zero-order valence-corrected chi connectivity index (χ0v) is 12.6. The number of hydrogen-bond acceptors (Lipinski definition) is 3. The smallest absolute Gasteiger partial charge is 0.169 e. The second-order valence-corrected chi connectivity index (χ2v) is 5.77. The van der Waals surface area contributed by atoms with Crippen molar-refractivity contribution in [3.63, 3.8) is 0 Å². The molecular formula is C17H22FNO2. The third kappa shape index (κ3) is 2.47. The summed E-state index contributed by atoms with van der Waals surface area (Å²) in [6.45, 7) is 2.88. The van der Waals surface area contributed by atoms with Crippen molar-refractivity contribution in [3.8, 4) is 0 Å². The number of likely N-dealkylation sites (N-methyl/N-ethyl adjacent to an activating group) is 1. The minimum atomic E-state index is -0.313. The molecule has 0 bridgehead atoms. The van der Waals surface area contributed by atoms with Crippen LogP contribution in [0.4, 0.5) is 4.39 Å². The lowest BCUT2D eigenvalue weighted by molar-refractivity contribution is -0.0413. The molecule has 0 saturated heterocycles. The molecule has 1 heterocycles. The Kier molecular flexibility index (Phi) is 4.00. The number of ether oxygens (including phenoxy) is 1. The molecule has 4 heteroatoms. The van der Waals surface area contributed by atoms with Crippen LogP contribution in [0.15, 0.2) is 28.7 Å². The minimum Gasteiger partial charge on any atom is -0.456 e. The molecule has 21 heavy (non-hydrogen) atoms. The van der Waals surface area contributed by atoms with Gasteiger partial charge in [0.15, 0.2) is 11.4 Å². The second kappa shape index (κ2) is 5.78. The van der Waals surface area contributed by atoms with Gasteiger partial charge in [-0.2, -0.15) is 0 Å². The molecule has 1 aromatic carbocycles. The van der Waals surface area contributed by atoms with Crippen LogP contribution in [0.2, 0.25) is 0 Å². The van der Waals surface area contributed by atoms with Gasteiger partial charge >= 0.3 is 0 Å². The zero-order valence-electron chi connectivity index (χ0n) is 12.6. The zero-order chi connectivity index (χ0) is 14.9. The van der Waals surface area contributed by atoms with Crippen molar-refractivity contribution in [2.45, 2.75) is 44.2 Å². The molecular weight excluding hydrogens is 269 g/mol. The van der Waals surface area contributed by atoms with Gasteiger partial charge in [-0.3, -0.25) is 0 Å². The summed E-state index contributed by atoms with van der Waals surface area (Å²) in [5.74, 6) is 0.451. The van der Waals surface area contributed by atoms with Gasteiger partial charge in [-0.15, -0.1) is 0 Å². The predicted molar refractivity (Wildman–Crippen MR) is 80.8 cm³/mol. The predicted octanol–water partition coefficient (Wildman–Crippen LogP) is 4.18. The van der Waals surface area contributed by atoms with E-state index in [9.17, 15) is 4.39 Å². The number of hydrogen-bond donors (Lipinski definition) is 1. The maximum Gasteiger partial charge on any atom is 0.169 e. The van der Waals surface area contributed by atoms with Crippen LogP contribution >= 0.6 is 0 Å². The van der Waals surface area contributed by atoms with Crippen molar-refractivity contribution in [2.24, 2.45) is 0 Å². The molecule has 0 spiro atoms. The summed E-state index contributed by atoms with van der Waals surface area (Å²) < 4.78 is 25.6. The topological polar surface area (TPSA) is 34.4 Å². The summed E-state index contributed by atoms with van der Waals surface area (Å²) in [6.07, 6.45) is 4.32. The fourth-order valence-corrected chi connectivity index (χ4v) is 3.52. The first-order valence-electron chi connectivity index (χ1n) is 7.66. The van der Waals surface area contributed by atoms with Crippen molar-refractivity contribution in [2.75, 3.05) is 13.7 Å². The second-order valence-electron chi connectivity index (χ2n) is 5.77. The molecule has 1 aliphatic rings. The SMILES string of the molecule is CCNC(c1cc2cccc(F)c2o1)C1(OC)CCCC1. The van der Waals surface area contributed by atoms with E-state index in [-0.39, 0.29) is 17.5 Å². The molecule has 0 amide bonds. The van der Waals surface area contributed by atoms with E-state index in [4.69, 9.17) is 9.15 Å². The molecule has 1 N–H and O–H groups in total. The Labute approximate surface area is 124 Å². The first-order chi connectivity index (χ1) is 10.2. The Morgan fingerprint density at radius 1 is 1.38 bits per heavy atom. The number of benzene rings is 1. The van der Waals surface area contributed by atoms with Crippen LogP contribution in [0.1, 0.15) is 44.4 Å². The highest BCUT2D eigenvalue weighted by molar-refractivity contribution is 5.78. The van der Waals surface area contributed by atoms with Gasteiger partial charge in [0.1, 0.15) is 5.76 Å². The molecule has 3 rings (SSSR count). The van der Waals surface area contributed by atoms with E-state index in [1.807, 2.05) is 12.1 Å². The lowest BCUT2D eigenvalue weighted by Gasteiger charge is -2.35. The highest BCUT2D eigenvalue weighted by Crippen LogP contribution is 2.43. The number of rotatable bonds is 5. The first-order valence-corrected chi connectivity index (χ1v) is 7.66. The molecule has 1 aromatic heterocycles. The van der Waals surface area contributed by atoms with E-state index in [0.29, 0.717) is 5.58 Å². The first kappa shape index (κ1) is 14.5. The largest absolute Gasteiger partial charge is 0.456 e. The standard InChI is InChI=1S/C17H22FNO2/c1-3-19-16(17(20-2)9-4-5-10-17)14-11-12-7-6-8-13(18)15(12)21-14/h6-8,11,16,19H,3-5,9-10H2,1-2H3. The summed E-state index contributed by atoms with van der Waals surface area (Å²) in [5, 5.41) is 4.27. The summed E-state index contributed by atoms with van der Waals surface area (Å²) in [4.78, 5) is 0. The van der Waals surface area contributed by atoms with Gasteiger partial charge in [0.2, 0.25) is 0 Å². The van der Waals surface area contributed by atoms with Gasteiger partial charge < -0.3 is 14.5 Å². The van der Waals surface area contributed by atoms with Crippen LogP contribution in [0.3, 0.4) is 0 Å². The Morgan fingerprint density at radius 3 is 2.76 bits per heavy atom. The van der Waals surface area contributed by atoms with E-state index >= 15 is 0 Å². The molecule has 1 atom stereocenters. The minimum absolute atomic E-state index is 0.0400. The molecule has 0 aliphatic heterocycles. The van der Waals surface area contributed by atoms with Crippen molar-refractivity contribution < 1.29 is 13.5 Å². The van der Waals surface area contributed by atoms with Gasteiger partial charge in [0.05, 0.1) is 11.6 Å². The van der Waals surface area contributed by atoms with Gasteiger partial charge in [-0.1, -0.05) is 31.9 Å². The number of para-hydroxylation sites is 1. The van der Waals surface area contributed by atoms with E-state index in [2.05, 4.69) is 12.2 Å². The highest BCUT2D eigenvalue weighted by Gasteiger charge is 2.43. The van der Waals surface area contributed by atoms with Gasteiger partial charge in [-0.25, -0.2) is 4.39 Å². The van der Waals surface area contributed by atoms with Crippen LogP contribution in [0, 0.1) is 5.82 Å². The van der Waals surface area contributed by atoms with Gasteiger partial charge in [0, 0.05) is 12.5 Å². The van der Waals surface area contributed by atoms with Crippen LogP contribution < -0.4 is 5.32 Å². The monoisotopic (exact) mass is 291 g/mol. The quantitative estimate of drug-likeness (QED) is 0.897. The molecule has 1 unspecified atom stereocenters. The summed E-state index contributed by atoms with van der Waals surface area (Å²) in [5.41, 5.74) is 0.0834. The summed E-state index contributed by atoms with van der Waals surface area (Å²) in [7, 11) is 1.76. The molecule has 1 fully saturated rings. The molecule has 3 nitrogen and oxygen atoms in total. The number of furan rings is 1. The molecule has 114 valence electrons. The highest BCUT2D eigenvalue weighted by atomic mass is 19.1. The molecule has 1 saturated carbocycles. The van der Waals surface area contributed by atoms with Gasteiger partial charge in [-0.05, 0) is 31.5 Å². The van der Waals surface area contributed by atoms with Crippen molar-refractivity contribution >= 4 is 11.0 Å². The summed E-state index contributed by atoms with van der Waals surface area (Å²) in [6, 6.07) is 6.91. The number of fused-ring (bicyclic) bond motifs is 1. The van der Waals surface area contributed by atoms with Gasteiger partial charge in [0.25, 0.3) is 0 Å². The van der Waals surface area contributed by atoms with Crippen LogP contribution in [-0.2, 0) is 4.74 Å². The fraction of sp³-hybridized carbons (Fsp3) is 0.529. The lowest BCUT2D eigenvalue weighted by Crippen LogP contribution is -2.43. The Morgan fingerprint density at radius 2 is 2.14 bits per heavy atom. The van der Waals surface area contributed by atoms with Crippen molar-refractivity contribution in [1.29, 1.82) is 0 Å². The third-order valence-corrected chi connectivity index (χ3v) is 4.59. The number of methoxy groups -OCH3 is 1. The summed E-state index contributed by atoms with van der Waals surface area (Å²) >= 11 is 0. The Balaban J connectivity index is 2.04. The number of nitrogens with one attached hydrogen (secondary N) is 1. The van der Waals surface area contributed by atoms with E-state index < -0.39 is 0 Å². The fourth-order valence-electron chi connectivity index (χ4n) is 3.52. The van der Waals surface area contributed by atoms with Crippen LogP contribution in [0.25, 0.3) is 11.0 Å². The maximum absolute atomic E-state index is 13.9. The Bertz CT molecular complexity index is 616. The maximum atomic E-state index is 13.9. The van der Waals surface area contributed by atoms with Crippen molar-refractivity contribution in [3.05, 3.63) is 35.8 Å². The molecule has 1 aliphatic carbocycles. The number of halogens is 1. The molecule has 0 radical (unpaired) electrons. The van der Waals surface area contributed by atoms with Crippen LogP contribution in [-0.4, -0.2) is 19.3 Å². The van der Waals surface area contributed by atoms with E-state index in [0.717, 1.165) is 43.4 Å². The van der Waals surface area contributed by atoms with Crippen LogP contribution in [0.5, 0.6) is 0 Å². The lowest BCUT2D eigenvalue weighted by atomic mass is 9.90. The Hall–Kier alpha value is -1.39. The van der Waals surface area contributed by atoms with Crippen molar-refractivity contribution in [1.82, 2.24) is 5.32 Å².